The van der Waals surface area contributed by atoms with Crippen molar-refractivity contribution in [2.24, 2.45) is 7.05 Å². The lowest BCUT2D eigenvalue weighted by Crippen LogP contribution is -2.05. The molecule has 0 aliphatic carbocycles. The minimum Gasteiger partial charge on any atom is -0.486 e. The Labute approximate surface area is 113 Å². The number of carboxylic acid groups (broad SMARTS) is 1. The number of nitro groups is 1. The molecule has 0 saturated heterocycles. The van der Waals surface area contributed by atoms with Gasteiger partial charge >= 0.3 is 5.97 Å². The number of carboxylic acids is 1. The highest BCUT2D eigenvalue weighted by molar-refractivity contribution is 5.91. The van der Waals surface area contributed by atoms with Crippen molar-refractivity contribution < 1.29 is 19.6 Å². The van der Waals surface area contributed by atoms with Crippen molar-refractivity contribution in [3.05, 3.63) is 51.8 Å². The number of rotatable bonds is 5. The molecule has 1 heterocycles. The fourth-order valence-electron chi connectivity index (χ4n) is 1.62. The van der Waals surface area contributed by atoms with Crippen LogP contribution in [0.25, 0.3) is 0 Å². The summed E-state index contributed by atoms with van der Waals surface area (Å²) < 4.78 is 6.94. The normalized spacial score (nSPS) is 10.2. The van der Waals surface area contributed by atoms with E-state index in [9.17, 15) is 14.9 Å². The molecule has 8 heteroatoms. The van der Waals surface area contributed by atoms with E-state index in [1.807, 2.05) is 0 Å². The molecule has 2 aromatic rings. The standard InChI is InChI=1S/C12H11N3O5/c1-14-5-4-8(13-14)7-20-11-3-2-9(15(18)19)6-10(11)12(16)17/h2-6H,7H2,1H3,(H,16,17). The maximum atomic E-state index is 11.1. The number of hydrogen-bond acceptors (Lipinski definition) is 5. The summed E-state index contributed by atoms with van der Waals surface area (Å²) in [6.45, 7) is 0.0823. The van der Waals surface area contributed by atoms with Gasteiger partial charge in [0.1, 0.15) is 17.9 Å². The van der Waals surface area contributed by atoms with Crippen molar-refractivity contribution in [3.8, 4) is 5.75 Å². The lowest BCUT2D eigenvalue weighted by atomic mass is 10.2. The molecule has 0 spiro atoms. The maximum absolute atomic E-state index is 11.1. The van der Waals surface area contributed by atoms with Gasteiger partial charge in [0.15, 0.2) is 0 Å². The van der Waals surface area contributed by atoms with E-state index in [1.165, 1.54) is 12.1 Å². The number of nitro benzene ring substituents is 1. The van der Waals surface area contributed by atoms with Crippen molar-refractivity contribution in [2.45, 2.75) is 6.61 Å². The molecule has 0 saturated carbocycles. The van der Waals surface area contributed by atoms with Gasteiger partial charge in [0, 0.05) is 25.4 Å². The predicted molar refractivity (Wildman–Crippen MR) is 67.6 cm³/mol. The molecule has 0 aliphatic rings. The third kappa shape index (κ3) is 2.91. The SMILES string of the molecule is Cn1ccc(COc2ccc([N+](=O)[O-])cc2C(=O)O)n1. The van der Waals surface area contributed by atoms with Gasteiger partial charge in [0.05, 0.1) is 10.6 Å². The second kappa shape index (κ2) is 5.39. The second-order valence-electron chi connectivity index (χ2n) is 4.01. The molecule has 2 rings (SSSR count). The van der Waals surface area contributed by atoms with Gasteiger partial charge in [0.2, 0.25) is 0 Å². The van der Waals surface area contributed by atoms with Gasteiger partial charge in [-0.05, 0) is 12.1 Å². The van der Waals surface area contributed by atoms with Gasteiger partial charge in [-0.2, -0.15) is 5.10 Å². The number of nitrogens with zero attached hydrogens (tertiary/aromatic N) is 3. The quantitative estimate of drug-likeness (QED) is 0.657. The Bertz CT molecular complexity index is 665. The molecule has 104 valence electrons. The van der Waals surface area contributed by atoms with Crippen LogP contribution in [0.3, 0.4) is 0 Å². The first kappa shape index (κ1) is 13.5. The molecule has 0 amide bonds. The Morgan fingerprint density at radius 2 is 2.25 bits per heavy atom. The summed E-state index contributed by atoms with van der Waals surface area (Å²) in [5.74, 6) is -1.22. The summed E-state index contributed by atoms with van der Waals surface area (Å²) in [5.41, 5.74) is 0.0740. The van der Waals surface area contributed by atoms with E-state index >= 15 is 0 Å². The van der Waals surface area contributed by atoms with Crippen LogP contribution in [0.4, 0.5) is 5.69 Å². The summed E-state index contributed by atoms with van der Waals surface area (Å²) in [5, 5.41) is 23.8. The molecule has 0 unspecified atom stereocenters. The minimum atomic E-state index is -1.29. The predicted octanol–water partition coefficient (Wildman–Crippen LogP) is 1.61. The maximum Gasteiger partial charge on any atom is 0.339 e. The van der Waals surface area contributed by atoms with Crippen LogP contribution in [0, 0.1) is 10.1 Å². The van der Waals surface area contributed by atoms with Gasteiger partial charge in [0.25, 0.3) is 5.69 Å². The molecule has 0 fully saturated rings. The van der Waals surface area contributed by atoms with Crippen molar-refractivity contribution >= 4 is 11.7 Å². The number of ether oxygens (including phenoxy) is 1. The smallest absolute Gasteiger partial charge is 0.339 e. The zero-order valence-corrected chi connectivity index (χ0v) is 10.5. The molecule has 0 bridgehead atoms. The molecular formula is C12H11N3O5. The van der Waals surface area contributed by atoms with Gasteiger partial charge in [-0.25, -0.2) is 4.79 Å². The van der Waals surface area contributed by atoms with Crippen molar-refractivity contribution in [2.75, 3.05) is 0 Å². The number of non-ortho nitro benzene ring substituents is 1. The van der Waals surface area contributed by atoms with Crippen LogP contribution in [0.15, 0.2) is 30.5 Å². The third-order valence-electron chi connectivity index (χ3n) is 2.55. The Balaban J connectivity index is 2.22. The Morgan fingerprint density at radius 1 is 1.50 bits per heavy atom. The molecule has 20 heavy (non-hydrogen) atoms. The average Bonchev–Trinajstić information content (AvgIpc) is 2.81. The average molecular weight is 277 g/mol. The molecule has 1 aromatic heterocycles. The molecular weight excluding hydrogens is 266 g/mol. The third-order valence-corrected chi connectivity index (χ3v) is 2.55. The molecule has 0 aliphatic heterocycles. The van der Waals surface area contributed by atoms with Crippen LogP contribution in [0.1, 0.15) is 16.1 Å². The van der Waals surface area contributed by atoms with E-state index in [2.05, 4.69) is 5.10 Å². The highest BCUT2D eigenvalue weighted by Crippen LogP contribution is 2.24. The van der Waals surface area contributed by atoms with Gasteiger partial charge in [-0.3, -0.25) is 14.8 Å². The summed E-state index contributed by atoms with van der Waals surface area (Å²) in [6.07, 6.45) is 1.73. The first-order valence-corrected chi connectivity index (χ1v) is 5.60. The minimum absolute atomic E-state index is 0.0637. The molecule has 0 atom stereocenters. The topological polar surface area (TPSA) is 107 Å². The van der Waals surface area contributed by atoms with Gasteiger partial charge in [-0.1, -0.05) is 0 Å². The highest BCUT2D eigenvalue weighted by atomic mass is 16.6. The lowest BCUT2D eigenvalue weighted by Gasteiger charge is -2.07. The fraction of sp³-hybridized carbons (Fsp3) is 0.167. The van der Waals surface area contributed by atoms with Gasteiger partial charge in [-0.15, -0.1) is 0 Å². The number of carbonyl (C=O) groups is 1. The van der Waals surface area contributed by atoms with E-state index in [0.717, 1.165) is 6.07 Å². The fourth-order valence-corrected chi connectivity index (χ4v) is 1.62. The van der Waals surface area contributed by atoms with Crippen molar-refractivity contribution in [1.29, 1.82) is 0 Å². The zero-order chi connectivity index (χ0) is 14.7. The summed E-state index contributed by atoms with van der Waals surface area (Å²) >= 11 is 0. The Kier molecular flexibility index (Phi) is 3.65. The first-order valence-electron chi connectivity index (χ1n) is 5.60. The molecule has 0 radical (unpaired) electrons. The van der Waals surface area contributed by atoms with Crippen LogP contribution in [-0.2, 0) is 13.7 Å². The zero-order valence-electron chi connectivity index (χ0n) is 10.5. The number of hydrogen-bond donors (Lipinski definition) is 1. The van der Waals surface area contributed by atoms with E-state index < -0.39 is 10.9 Å². The summed E-state index contributed by atoms with van der Waals surface area (Å²) in [6, 6.07) is 5.16. The second-order valence-corrected chi connectivity index (χ2v) is 4.01. The first-order chi connectivity index (χ1) is 9.47. The largest absolute Gasteiger partial charge is 0.486 e. The lowest BCUT2D eigenvalue weighted by molar-refractivity contribution is -0.384. The van der Waals surface area contributed by atoms with Crippen LogP contribution >= 0.6 is 0 Å². The molecule has 1 N–H and O–H groups in total. The Hall–Kier alpha value is -2.90. The van der Waals surface area contributed by atoms with E-state index in [1.54, 1.807) is 24.0 Å². The monoisotopic (exact) mass is 277 g/mol. The van der Waals surface area contributed by atoms with Crippen LogP contribution in [0.5, 0.6) is 5.75 Å². The van der Waals surface area contributed by atoms with Crippen LogP contribution in [-0.4, -0.2) is 25.8 Å². The highest BCUT2D eigenvalue weighted by Gasteiger charge is 2.17. The molecule has 8 nitrogen and oxygen atoms in total. The van der Waals surface area contributed by atoms with E-state index in [0.29, 0.717) is 5.69 Å². The number of aromatic nitrogens is 2. The van der Waals surface area contributed by atoms with Crippen molar-refractivity contribution in [3.63, 3.8) is 0 Å². The van der Waals surface area contributed by atoms with Crippen LogP contribution in [0.2, 0.25) is 0 Å². The van der Waals surface area contributed by atoms with Gasteiger partial charge < -0.3 is 9.84 Å². The Morgan fingerprint density at radius 3 is 2.80 bits per heavy atom. The van der Waals surface area contributed by atoms with Crippen molar-refractivity contribution in [1.82, 2.24) is 9.78 Å². The van der Waals surface area contributed by atoms with E-state index in [-0.39, 0.29) is 23.6 Å². The van der Waals surface area contributed by atoms with E-state index in [4.69, 9.17) is 9.84 Å². The molecule has 1 aromatic carbocycles. The number of aromatic carboxylic acids is 1. The number of benzene rings is 1. The summed E-state index contributed by atoms with van der Waals surface area (Å²) in [7, 11) is 1.75. The summed E-state index contributed by atoms with van der Waals surface area (Å²) in [4.78, 5) is 21.1. The van der Waals surface area contributed by atoms with Crippen LogP contribution < -0.4 is 4.74 Å². The number of aryl methyl sites for hydroxylation is 1.